The van der Waals surface area contributed by atoms with Crippen LogP contribution < -0.4 is 0 Å². The van der Waals surface area contributed by atoms with Gasteiger partial charge in [-0.15, -0.1) is 0 Å². The van der Waals surface area contributed by atoms with Gasteiger partial charge < -0.3 is 0 Å². The molecule has 0 bridgehead atoms. The van der Waals surface area contributed by atoms with Gasteiger partial charge in [-0.1, -0.05) is 22.4 Å². The van der Waals surface area contributed by atoms with Crippen LogP contribution in [0.5, 0.6) is 0 Å². The van der Waals surface area contributed by atoms with Crippen molar-refractivity contribution in [3.05, 3.63) is 0 Å². The molecule has 2 aliphatic rings. The SMILES string of the molecule is BrC1C2CCCC12. The van der Waals surface area contributed by atoms with E-state index in [9.17, 15) is 0 Å². The van der Waals surface area contributed by atoms with E-state index in [0.717, 1.165) is 16.7 Å². The van der Waals surface area contributed by atoms with Crippen molar-refractivity contribution in [2.24, 2.45) is 11.8 Å². The number of rotatable bonds is 0. The molecule has 0 nitrogen and oxygen atoms in total. The van der Waals surface area contributed by atoms with E-state index in [1.165, 1.54) is 19.3 Å². The fourth-order valence-corrected chi connectivity index (χ4v) is 2.87. The maximum absolute atomic E-state index is 3.63. The first-order chi connectivity index (χ1) is 3.39. The Morgan fingerprint density at radius 2 is 1.71 bits per heavy atom. The summed E-state index contributed by atoms with van der Waals surface area (Å²) in [6.07, 6.45) is 4.50. The van der Waals surface area contributed by atoms with E-state index in [-0.39, 0.29) is 0 Å². The Bertz CT molecular complexity index is 80.2. The second-order valence-electron chi connectivity index (χ2n) is 2.70. The summed E-state index contributed by atoms with van der Waals surface area (Å²) in [5.74, 6) is 2.19. The molecular formula is C6H9Br. The van der Waals surface area contributed by atoms with E-state index in [1.807, 2.05) is 0 Å². The molecule has 0 aromatic heterocycles. The minimum Gasteiger partial charge on any atom is -0.0884 e. The zero-order chi connectivity index (χ0) is 4.85. The molecule has 0 spiro atoms. The highest BCUT2D eigenvalue weighted by Gasteiger charge is 2.50. The molecule has 0 N–H and O–H groups in total. The van der Waals surface area contributed by atoms with Crippen LogP contribution in [0.2, 0.25) is 0 Å². The van der Waals surface area contributed by atoms with Gasteiger partial charge in [0.1, 0.15) is 0 Å². The van der Waals surface area contributed by atoms with Gasteiger partial charge in [0.2, 0.25) is 0 Å². The van der Waals surface area contributed by atoms with Crippen LogP contribution in [0, 0.1) is 11.8 Å². The van der Waals surface area contributed by atoms with Gasteiger partial charge in [0.15, 0.2) is 0 Å². The lowest BCUT2D eigenvalue weighted by atomic mass is 10.3. The van der Waals surface area contributed by atoms with Gasteiger partial charge in [0, 0.05) is 4.83 Å². The van der Waals surface area contributed by atoms with Crippen LogP contribution in [0.1, 0.15) is 19.3 Å². The van der Waals surface area contributed by atoms with Crippen LogP contribution in [0.15, 0.2) is 0 Å². The summed E-state index contributed by atoms with van der Waals surface area (Å²) in [5.41, 5.74) is 0. The number of halogens is 1. The maximum Gasteiger partial charge on any atom is 0.0208 e. The lowest BCUT2D eigenvalue weighted by Crippen LogP contribution is -1.78. The monoisotopic (exact) mass is 160 g/mol. The first-order valence-electron chi connectivity index (χ1n) is 3.03. The van der Waals surface area contributed by atoms with Crippen LogP contribution in [0.25, 0.3) is 0 Å². The van der Waals surface area contributed by atoms with Gasteiger partial charge >= 0.3 is 0 Å². The summed E-state index contributed by atoms with van der Waals surface area (Å²) in [6.45, 7) is 0. The maximum atomic E-state index is 3.63. The fraction of sp³-hybridized carbons (Fsp3) is 1.00. The predicted octanol–water partition coefficient (Wildman–Crippen LogP) is 2.18. The topological polar surface area (TPSA) is 0 Å². The molecule has 2 saturated carbocycles. The zero-order valence-corrected chi connectivity index (χ0v) is 5.82. The van der Waals surface area contributed by atoms with E-state index >= 15 is 0 Å². The van der Waals surface area contributed by atoms with Gasteiger partial charge in [-0.2, -0.15) is 0 Å². The Morgan fingerprint density at radius 1 is 1.14 bits per heavy atom. The van der Waals surface area contributed by atoms with Crippen LogP contribution >= 0.6 is 15.9 Å². The van der Waals surface area contributed by atoms with Crippen molar-refractivity contribution in [1.29, 1.82) is 0 Å². The van der Waals surface area contributed by atoms with Crippen LogP contribution in [-0.4, -0.2) is 4.83 Å². The summed E-state index contributed by atoms with van der Waals surface area (Å²) in [6, 6.07) is 0. The first kappa shape index (κ1) is 4.37. The largest absolute Gasteiger partial charge is 0.0884 e. The van der Waals surface area contributed by atoms with E-state index in [4.69, 9.17) is 0 Å². The fourth-order valence-electron chi connectivity index (χ4n) is 1.73. The van der Waals surface area contributed by atoms with Gasteiger partial charge in [0.05, 0.1) is 0 Å². The molecule has 0 aromatic rings. The van der Waals surface area contributed by atoms with Gasteiger partial charge in [0.25, 0.3) is 0 Å². The molecule has 0 aromatic carbocycles. The number of hydrogen-bond acceptors (Lipinski definition) is 0. The predicted molar refractivity (Wildman–Crippen MR) is 33.5 cm³/mol. The standard InChI is InChI=1S/C6H9Br/c7-6-4-2-1-3-5(4)6/h4-6H,1-3H2. The average molecular weight is 161 g/mol. The molecule has 1 heteroatoms. The molecule has 40 valence electrons. The molecule has 2 unspecified atom stereocenters. The van der Waals surface area contributed by atoms with Gasteiger partial charge in [-0.3, -0.25) is 0 Å². The number of hydrogen-bond donors (Lipinski definition) is 0. The first-order valence-corrected chi connectivity index (χ1v) is 3.95. The highest BCUT2D eigenvalue weighted by molar-refractivity contribution is 9.09. The Labute approximate surface area is 52.4 Å². The normalized spacial score (nSPS) is 57.0. The van der Waals surface area contributed by atoms with Gasteiger partial charge in [-0.05, 0) is 24.7 Å². The van der Waals surface area contributed by atoms with Crippen molar-refractivity contribution in [3.8, 4) is 0 Å². The summed E-state index contributed by atoms with van der Waals surface area (Å²) >= 11 is 3.63. The highest BCUT2D eigenvalue weighted by Crippen LogP contribution is 2.56. The molecule has 2 rings (SSSR count). The van der Waals surface area contributed by atoms with Crippen LogP contribution in [0.4, 0.5) is 0 Å². The molecule has 0 radical (unpaired) electrons. The minimum absolute atomic E-state index is 0.932. The Morgan fingerprint density at radius 3 is 2.00 bits per heavy atom. The highest BCUT2D eigenvalue weighted by atomic mass is 79.9. The molecule has 0 amide bonds. The molecule has 2 aliphatic carbocycles. The molecule has 2 atom stereocenters. The van der Waals surface area contributed by atoms with Crippen molar-refractivity contribution in [2.45, 2.75) is 24.1 Å². The lowest BCUT2D eigenvalue weighted by Gasteiger charge is -1.88. The summed E-state index contributed by atoms with van der Waals surface area (Å²) < 4.78 is 0. The lowest BCUT2D eigenvalue weighted by molar-refractivity contribution is 0.746. The second kappa shape index (κ2) is 1.25. The van der Waals surface area contributed by atoms with Crippen LogP contribution in [-0.2, 0) is 0 Å². The van der Waals surface area contributed by atoms with E-state index in [2.05, 4.69) is 15.9 Å². The second-order valence-corrected chi connectivity index (χ2v) is 3.76. The number of fused-ring (bicyclic) bond motifs is 1. The summed E-state index contributed by atoms with van der Waals surface area (Å²) in [7, 11) is 0. The third-order valence-corrected chi connectivity index (χ3v) is 3.66. The Kier molecular flexibility index (Phi) is 0.780. The van der Waals surface area contributed by atoms with E-state index in [1.54, 1.807) is 0 Å². The van der Waals surface area contributed by atoms with E-state index < -0.39 is 0 Å². The summed E-state index contributed by atoms with van der Waals surface area (Å²) in [4.78, 5) is 0.932. The quantitative estimate of drug-likeness (QED) is 0.477. The molecule has 7 heavy (non-hydrogen) atoms. The van der Waals surface area contributed by atoms with Gasteiger partial charge in [-0.25, -0.2) is 0 Å². The van der Waals surface area contributed by atoms with Crippen molar-refractivity contribution >= 4 is 15.9 Å². The minimum atomic E-state index is 0.932. The van der Waals surface area contributed by atoms with Crippen molar-refractivity contribution in [1.82, 2.24) is 0 Å². The Balaban J connectivity index is 2.06. The van der Waals surface area contributed by atoms with Crippen molar-refractivity contribution < 1.29 is 0 Å². The average Bonchev–Trinajstić information content (AvgIpc) is 2.26. The number of alkyl halides is 1. The molecule has 0 heterocycles. The third kappa shape index (κ3) is 0.479. The molecular weight excluding hydrogens is 152 g/mol. The smallest absolute Gasteiger partial charge is 0.0208 e. The van der Waals surface area contributed by atoms with Crippen molar-refractivity contribution in [2.75, 3.05) is 0 Å². The van der Waals surface area contributed by atoms with Crippen LogP contribution in [0.3, 0.4) is 0 Å². The summed E-state index contributed by atoms with van der Waals surface area (Å²) in [5, 5.41) is 0. The van der Waals surface area contributed by atoms with Crippen molar-refractivity contribution in [3.63, 3.8) is 0 Å². The third-order valence-electron chi connectivity index (χ3n) is 2.30. The van der Waals surface area contributed by atoms with E-state index in [0.29, 0.717) is 0 Å². The molecule has 0 saturated heterocycles. The Hall–Kier alpha value is 0.480. The molecule has 2 fully saturated rings. The zero-order valence-electron chi connectivity index (χ0n) is 4.23. The molecule has 0 aliphatic heterocycles.